The zero-order chi connectivity index (χ0) is 22.9. The third-order valence-corrected chi connectivity index (χ3v) is 6.00. The van der Waals surface area contributed by atoms with E-state index in [0.29, 0.717) is 27.4 Å². The third-order valence-electron chi connectivity index (χ3n) is 5.72. The lowest BCUT2D eigenvalue weighted by molar-refractivity contribution is 0.102. The van der Waals surface area contributed by atoms with Gasteiger partial charge in [-0.05, 0) is 49.7 Å². The van der Waals surface area contributed by atoms with E-state index in [0.717, 1.165) is 25.9 Å². The largest absolute Gasteiger partial charge is 0.383 e. The number of pyridine rings is 2. The number of anilines is 2. The molecule has 4 N–H and O–H groups in total. The second-order valence-corrected chi connectivity index (χ2v) is 8.28. The van der Waals surface area contributed by atoms with Crippen molar-refractivity contribution in [3.63, 3.8) is 0 Å². The fourth-order valence-electron chi connectivity index (χ4n) is 4.13. The monoisotopic (exact) mass is 501 g/mol. The van der Waals surface area contributed by atoms with Crippen molar-refractivity contribution in [2.75, 3.05) is 24.1 Å². The summed E-state index contributed by atoms with van der Waals surface area (Å²) in [6, 6.07) is 9.44. The first-order valence-corrected chi connectivity index (χ1v) is 11.0. The second kappa shape index (κ2) is 9.92. The maximum absolute atomic E-state index is 15.3. The number of nitrogens with one attached hydrogen (secondary N) is 2. The van der Waals surface area contributed by atoms with Gasteiger partial charge in [0.15, 0.2) is 0 Å². The molecule has 8 nitrogen and oxygen atoms in total. The normalized spacial score (nSPS) is 15.6. The van der Waals surface area contributed by atoms with Crippen LogP contribution >= 0.6 is 24.0 Å². The summed E-state index contributed by atoms with van der Waals surface area (Å²) in [6.45, 7) is 1.67. The summed E-state index contributed by atoms with van der Waals surface area (Å²) in [5.41, 5.74) is 7.54. The molecule has 0 unspecified atom stereocenters. The molecule has 11 heteroatoms. The molecule has 3 aromatic heterocycles. The van der Waals surface area contributed by atoms with E-state index in [1.165, 1.54) is 24.4 Å². The number of benzene rings is 1. The van der Waals surface area contributed by atoms with Gasteiger partial charge in [0.05, 0.1) is 28.2 Å². The Hall–Kier alpha value is -3.27. The van der Waals surface area contributed by atoms with Crippen LogP contribution in [0.5, 0.6) is 0 Å². The van der Waals surface area contributed by atoms with Gasteiger partial charge in [-0.25, -0.2) is 14.4 Å². The van der Waals surface area contributed by atoms with Crippen molar-refractivity contribution < 1.29 is 9.18 Å². The fraction of sp³-hybridized carbons (Fsp3) is 0.217. The summed E-state index contributed by atoms with van der Waals surface area (Å²) in [5, 5.41) is 11.6. The Morgan fingerprint density at radius 3 is 2.82 bits per heavy atom. The molecule has 1 aliphatic rings. The molecule has 1 atom stereocenters. The summed E-state index contributed by atoms with van der Waals surface area (Å²) < 4.78 is 17.1. The van der Waals surface area contributed by atoms with Crippen LogP contribution in [0.15, 0.2) is 48.8 Å². The van der Waals surface area contributed by atoms with Gasteiger partial charge in [-0.1, -0.05) is 17.7 Å². The van der Waals surface area contributed by atoms with E-state index in [-0.39, 0.29) is 35.4 Å². The number of nitrogens with zero attached hydrogens (tertiary/aromatic N) is 4. The highest BCUT2D eigenvalue weighted by Crippen LogP contribution is 2.38. The molecule has 1 amide bonds. The predicted molar refractivity (Wildman–Crippen MR) is 133 cm³/mol. The number of rotatable bonds is 4. The third kappa shape index (κ3) is 4.42. The van der Waals surface area contributed by atoms with Gasteiger partial charge < -0.3 is 16.4 Å². The maximum atomic E-state index is 15.3. The van der Waals surface area contributed by atoms with Gasteiger partial charge in [0, 0.05) is 23.9 Å². The first-order chi connectivity index (χ1) is 16.0. The first-order valence-electron chi connectivity index (χ1n) is 10.6. The predicted octanol–water partition coefficient (Wildman–Crippen LogP) is 4.47. The lowest BCUT2D eigenvalue weighted by Crippen LogP contribution is -2.32. The number of hydrogen-bond acceptors (Lipinski definition) is 6. The highest BCUT2D eigenvalue weighted by atomic mass is 35.5. The van der Waals surface area contributed by atoms with Crippen LogP contribution in [0.3, 0.4) is 0 Å². The minimum atomic E-state index is -0.601. The van der Waals surface area contributed by atoms with E-state index in [2.05, 4.69) is 20.6 Å². The van der Waals surface area contributed by atoms with E-state index < -0.39 is 11.7 Å². The zero-order valence-corrected chi connectivity index (χ0v) is 19.5. The Kier molecular flexibility index (Phi) is 6.97. The lowest BCUT2D eigenvalue weighted by atomic mass is 10.0. The number of hydrogen-bond donors (Lipinski definition) is 3. The Labute approximate surface area is 206 Å². The van der Waals surface area contributed by atoms with Gasteiger partial charge in [0.2, 0.25) is 0 Å². The van der Waals surface area contributed by atoms with Crippen LogP contribution in [0.25, 0.3) is 22.2 Å². The van der Waals surface area contributed by atoms with Crippen LogP contribution in [-0.2, 0) is 0 Å². The molecule has 176 valence electrons. The minimum Gasteiger partial charge on any atom is -0.383 e. The summed E-state index contributed by atoms with van der Waals surface area (Å²) in [5.74, 6) is -0.467. The molecule has 1 aliphatic heterocycles. The Morgan fingerprint density at radius 2 is 2.12 bits per heavy atom. The summed E-state index contributed by atoms with van der Waals surface area (Å²) in [4.78, 5) is 20.8. The van der Waals surface area contributed by atoms with Crippen molar-refractivity contribution in [1.82, 2.24) is 25.1 Å². The molecule has 0 aliphatic carbocycles. The van der Waals surface area contributed by atoms with Crippen LogP contribution in [-0.4, -0.2) is 38.7 Å². The number of carbonyl (C=O) groups excluding carboxylic acids is 1. The summed E-state index contributed by atoms with van der Waals surface area (Å²) in [6.07, 6.45) is 4.95. The van der Waals surface area contributed by atoms with Crippen molar-refractivity contribution in [2.24, 2.45) is 0 Å². The molecule has 1 fully saturated rings. The number of aromatic nitrogens is 4. The number of halogens is 3. The molecule has 0 saturated carbocycles. The number of amides is 1. The van der Waals surface area contributed by atoms with E-state index in [1.54, 1.807) is 24.4 Å². The van der Waals surface area contributed by atoms with Crippen LogP contribution in [0, 0.1) is 5.82 Å². The van der Waals surface area contributed by atoms with Crippen molar-refractivity contribution in [2.45, 2.75) is 18.9 Å². The van der Waals surface area contributed by atoms with Crippen molar-refractivity contribution in [3.8, 4) is 11.3 Å². The summed E-state index contributed by atoms with van der Waals surface area (Å²) >= 11 is 6.49. The second-order valence-electron chi connectivity index (χ2n) is 7.87. The number of carbonyl (C=O) groups is 1. The molecule has 0 spiro atoms. The quantitative estimate of drug-likeness (QED) is 0.380. The highest BCUT2D eigenvalue weighted by molar-refractivity contribution is 6.35. The number of fused-ring (bicyclic) bond motifs is 1. The van der Waals surface area contributed by atoms with Gasteiger partial charge in [-0.2, -0.15) is 5.10 Å². The molecule has 0 radical (unpaired) electrons. The smallest absolute Gasteiger partial charge is 0.256 e. The van der Waals surface area contributed by atoms with Crippen molar-refractivity contribution >= 4 is 52.5 Å². The number of nitrogen functional groups attached to an aromatic ring is 1. The molecule has 0 bridgehead atoms. The molecule has 5 rings (SSSR count). The van der Waals surface area contributed by atoms with Crippen LogP contribution < -0.4 is 16.4 Å². The lowest BCUT2D eigenvalue weighted by Gasteiger charge is -2.24. The molecule has 4 aromatic rings. The molecule has 1 saturated heterocycles. The van der Waals surface area contributed by atoms with Gasteiger partial charge in [0.1, 0.15) is 23.1 Å². The summed E-state index contributed by atoms with van der Waals surface area (Å²) in [7, 11) is 0. The molecule has 1 aromatic carbocycles. The fourth-order valence-corrected chi connectivity index (χ4v) is 4.36. The van der Waals surface area contributed by atoms with Crippen LogP contribution in [0.4, 0.5) is 16.0 Å². The molecule has 4 heterocycles. The van der Waals surface area contributed by atoms with Crippen molar-refractivity contribution in [3.05, 3.63) is 65.2 Å². The first kappa shape index (κ1) is 23.9. The number of nitrogens with two attached hydrogens (primary N) is 1. The van der Waals surface area contributed by atoms with Gasteiger partial charge in [-0.3, -0.25) is 9.48 Å². The Morgan fingerprint density at radius 1 is 1.26 bits per heavy atom. The van der Waals surface area contributed by atoms with Crippen LogP contribution in [0.1, 0.15) is 29.2 Å². The van der Waals surface area contributed by atoms with Crippen LogP contribution in [0.2, 0.25) is 5.02 Å². The average molecular weight is 502 g/mol. The van der Waals surface area contributed by atoms with E-state index >= 15 is 4.39 Å². The van der Waals surface area contributed by atoms with Crippen molar-refractivity contribution in [1.29, 1.82) is 0 Å². The minimum absolute atomic E-state index is 0. The molecular formula is C23H22Cl2FN7O. The van der Waals surface area contributed by atoms with E-state index in [4.69, 9.17) is 22.4 Å². The maximum Gasteiger partial charge on any atom is 0.256 e. The van der Waals surface area contributed by atoms with E-state index in [9.17, 15) is 4.79 Å². The van der Waals surface area contributed by atoms with Gasteiger partial charge in [0.25, 0.3) is 5.91 Å². The Balaban J connectivity index is 0.00000274. The number of piperidine rings is 1. The molecular weight excluding hydrogens is 480 g/mol. The van der Waals surface area contributed by atoms with Gasteiger partial charge >= 0.3 is 0 Å². The SMILES string of the molecule is Cl.Nc1ncc(Cl)c2c1c(-c1ccc(C(=O)Nc3ccccn3)cc1F)nn2[C@@H]1CCCNC1. The standard InChI is InChI=1S/C23H21ClFN7O.ClH/c24-16-12-29-22(26)19-20(31-32(21(16)19)14-4-3-8-27-11-14)15-7-6-13(10-17(15)25)23(33)30-18-5-1-2-9-28-18;/h1-2,5-7,9-10,12,14,27H,3-4,8,11H2,(H2,26,29)(H,28,30,33);1H/t14-;/m1./s1. The van der Waals surface area contributed by atoms with Gasteiger partial charge in [-0.15, -0.1) is 12.4 Å². The Bertz CT molecular complexity index is 1340. The zero-order valence-electron chi connectivity index (χ0n) is 18.0. The average Bonchev–Trinajstić information content (AvgIpc) is 3.24. The highest BCUT2D eigenvalue weighted by Gasteiger charge is 2.26. The van der Waals surface area contributed by atoms with E-state index in [1.807, 2.05) is 4.68 Å². The molecule has 34 heavy (non-hydrogen) atoms. The topological polar surface area (TPSA) is 111 Å².